The molecule has 0 bridgehead atoms. The number of hydrogen-bond acceptors (Lipinski definition) is 5. The van der Waals surface area contributed by atoms with Crippen LogP contribution in [-0.2, 0) is 4.79 Å². The van der Waals surface area contributed by atoms with Crippen molar-refractivity contribution in [2.45, 2.75) is 13.8 Å². The average molecular weight is 393 g/mol. The van der Waals surface area contributed by atoms with Crippen LogP contribution in [0.2, 0.25) is 5.02 Å². The Morgan fingerprint density at radius 2 is 1.44 bits per heavy atom. The van der Waals surface area contributed by atoms with Crippen LogP contribution >= 0.6 is 11.6 Å². The van der Waals surface area contributed by atoms with E-state index in [1.54, 1.807) is 18.2 Å². The molecule has 0 aromatic heterocycles. The number of hydrazine groups is 1. The third-order valence-corrected chi connectivity index (χ3v) is 4.31. The SMILES string of the molecule is COc1cc(OC)cc(C(=O)NNC(=O)COc2cc(C)c(Cl)c(C)c2)c1. The van der Waals surface area contributed by atoms with Crippen molar-refractivity contribution in [2.75, 3.05) is 20.8 Å². The van der Waals surface area contributed by atoms with Gasteiger partial charge in [0.1, 0.15) is 17.2 Å². The van der Waals surface area contributed by atoms with E-state index in [-0.39, 0.29) is 12.2 Å². The molecule has 0 saturated carbocycles. The molecule has 0 atom stereocenters. The Bertz CT molecular complexity index is 809. The number of carbonyl (C=O) groups excluding carboxylic acids is 2. The Balaban J connectivity index is 1.91. The van der Waals surface area contributed by atoms with Gasteiger partial charge in [-0.1, -0.05) is 11.6 Å². The molecule has 0 aliphatic rings. The van der Waals surface area contributed by atoms with Gasteiger partial charge in [0.05, 0.1) is 14.2 Å². The lowest BCUT2D eigenvalue weighted by Crippen LogP contribution is -2.43. The number of halogens is 1. The number of rotatable bonds is 6. The highest BCUT2D eigenvalue weighted by Gasteiger charge is 2.12. The van der Waals surface area contributed by atoms with Crippen molar-refractivity contribution < 1.29 is 23.8 Å². The van der Waals surface area contributed by atoms with Gasteiger partial charge < -0.3 is 14.2 Å². The second kappa shape index (κ2) is 9.14. The summed E-state index contributed by atoms with van der Waals surface area (Å²) in [4.78, 5) is 24.1. The molecule has 0 aliphatic carbocycles. The van der Waals surface area contributed by atoms with Crippen LogP contribution in [0, 0.1) is 13.8 Å². The second-order valence-electron chi connectivity index (χ2n) is 5.76. The molecule has 0 radical (unpaired) electrons. The van der Waals surface area contributed by atoms with Gasteiger partial charge in [0.15, 0.2) is 6.61 Å². The molecule has 0 saturated heterocycles. The largest absolute Gasteiger partial charge is 0.497 e. The van der Waals surface area contributed by atoms with E-state index in [1.165, 1.54) is 26.4 Å². The molecule has 8 heteroatoms. The van der Waals surface area contributed by atoms with Crippen molar-refractivity contribution in [3.05, 3.63) is 52.0 Å². The minimum Gasteiger partial charge on any atom is -0.497 e. The molecule has 144 valence electrons. The fraction of sp³-hybridized carbons (Fsp3) is 0.263. The quantitative estimate of drug-likeness (QED) is 0.738. The molecule has 2 amide bonds. The van der Waals surface area contributed by atoms with Gasteiger partial charge in [0.2, 0.25) is 0 Å². The molecule has 7 nitrogen and oxygen atoms in total. The van der Waals surface area contributed by atoms with Gasteiger partial charge in [-0.2, -0.15) is 0 Å². The van der Waals surface area contributed by atoms with Gasteiger partial charge in [-0.3, -0.25) is 20.4 Å². The number of nitrogens with one attached hydrogen (secondary N) is 2. The summed E-state index contributed by atoms with van der Waals surface area (Å²) in [5.41, 5.74) is 6.60. The minimum absolute atomic E-state index is 0.262. The fourth-order valence-corrected chi connectivity index (χ4v) is 2.42. The lowest BCUT2D eigenvalue weighted by atomic mass is 10.1. The van der Waals surface area contributed by atoms with E-state index in [9.17, 15) is 9.59 Å². The third-order valence-electron chi connectivity index (χ3n) is 3.71. The van der Waals surface area contributed by atoms with Crippen molar-refractivity contribution >= 4 is 23.4 Å². The van der Waals surface area contributed by atoms with Crippen LogP contribution in [0.4, 0.5) is 0 Å². The number of hydrogen-bond donors (Lipinski definition) is 2. The van der Waals surface area contributed by atoms with E-state index >= 15 is 0 Å². The first-order chi connectivity index (χ1) is 12.8. The summed E-state index contributed by atoms with van der Waals surface area (Å²) >= 11 is 6.10. The van der Waals surface area contributed by atoms with Crippen LogP contribution in [0.25, 0.3) is 0 Å². The number of aryl methyl sites for hydroxylation is 2. The number of amides is 2. The van der Waals surface area contributed by atoms with E-state index in [4.69, 9.17) is 25.8 Å². The second-order valence-corrected chi connectivity index (χ2v) is 6.14. The summed E-state index contributed by atoms with van der Waals surface area (Å²) in [5, 5.41) is 0.660. The van der Waals surface area contributed by atoms with E-state index in [1.807, 2.05) is 13.8 Å². The highest BCUT2D eigenvalue weighted by molar-refractivity contribution is 6.32. The third kappa shape index (κ3) is 5.52. The zero-order valence-corrected chi connectivity index (χ0v) is 16.3. The van der Waals surface area contributed by atoms with Crippen LogP contribution in [0.5, 0.6) is 17.2 Å². The maximum Gasteiger partial charge on any atom is 0.276 e. The van der Waals surface area contributed by atoms with Crippen LogP contribution in [0.3, 0.4) is 0 Å². The minimum atomic E-state index is -0.515. The summed E-state index contributed by atoms with van der Waals surface area (Å²) < 4.78 is 15.7. The molecule has 2 rings (SSSR count). The smallest absolute Gasteiger partial charge is 0.276 e. The summed E-state index contributed by atoms with van der Waals surface area (Å²) in [6, 6.07) is 8.17. The molecule has 0 heterocycles. The van der Waals surface area contributed by atoms with Crippen molar-refractivity contribution in [3.63, 3.8) is 0 Å². The van der Waals surface area contributed by atoms with Gasteiger partial charge in [0, 0.05) is 16.7 Å². The Labute approximate surface area is 162 Å². The normalized spacial score (nSPS) is 10.1. The molecule has 0 fully saturated rings. The van der Waals surface area contributed by atoms with Crippen molar-refractivity contribution in [1.82, 2.24) is 10.9 Å². The maximum atomic E-state index is 12.2. The molecule has 0 spiro atoms. The standard InChI is InChI=1S/C19H21ClN2O5/c1-11-5-16(6-12(2)18(11)20)27-10-17(23)21-22-19(24)13-7-14(25-3)9-15(8-13)26-4/h5-9H,10H2,1-4H3,(H,21,23)(H,22,24). The van der Waals surface area contributed by atoms with E-state index in [0.717, 1.165) is 11.1 Å². The first-order valence-electron chi connectivity index (χ1n) is 8.06. The van der Waals surface area contributed by atoms with E-state index in [0.29, 0.717) is 22.3 Å². The molecule has 0 aliphatic heterocycles. The van der Waals surface area contributed by atoms with Gasteiger partial charge in [0.25, 0.3) is 11.8 Å². The lowest BCUT2D eigenvalue weighted by molar-refractivity contribution is -0.123. The molecule has 0 unspecified atom stereocenters. The van der Waals surface area contributed by atoms with Gasteiger partial charge in [-0.25, -0.2) is 0 Å². The Morgan fingerprint density at radius 3 is 1.96 bits per heavy atom. The molecular weight excluding hydrogens is 372 g/mol. The number of benzene rings is 2. The molecular formula is C19H21ClN2O5. The van der Waals surface area contributed by atoms with Gasteiger partial charge in [-0.15, -0.1) is 0 Å². The number of carbonyl (C=O) groups is 2. The zero-order valence-electron chi connectivity index (χ0n) is 15.5. The van der Waals surface area contributed by atoms with Gasteiger partial charge >= 0.3 is 0 Å². The van der Waals surface area contributed by atoms with Crippen LogP contribution < -0.4 is 25.1 Å². The average Bonchev–Trinajstić information content (AvgIpc) is 2.67. The molecule has 2 aromatic carbocycles. The van der Waals surface area contributed by atoms with Crippen molar-refractivity contribution in [3.8, 4) is 17.2 Å². The Morgan fingerprint density at radius 1 is 0.889 bits per heavy atom. The predicted molar refractivity (Wildman–Crippen MR) is 102 cm³/mol. The van der Waals surface area contributed by atoms with Crippen LogP contribution in [0.1, 0.15) is 21.5 Å². The maximum absolute atomic E-state index is 12.2. The summed E-state index contributed by atoms with van der Waals surface area (Å²) in [6.07, 6.45) is 0. The van der Waals surface area contributed by atoms with E-state index in [2.05, 4.69) is 10.9 Å². The molecule has 2 aromatic rings. The van der Waals surface area contributed by atoms with Crippen LogP contribution in [-0.4, -0.2) is 32.6 Å². The molecule has 2 N–H and O–H groups in total. The lowest BCUT2D eigenvalue weighted by Gasteiger charge is -2.12. The number of ether oxygens (including phenoxy) is 3. The summed E-state index contributed by atoms with van der Waals surface area (Å²) in [7, 11) is 2.96. The molecule has 27 heavy (non-hydrogen) atoms. The first kappa shape index (κ1) is 20.4. The highest BCUT2D eigenvalue weighted by Crippen LogP contribution is 2.25. The Kier molecular flexibility index (Phi) is 6.90. The van der Waals surface area contributed by atoms with E-state index < -0.39 is 11.8 Å². The monoisotopic (exact) mass is 392 g/mol. The predicted octanol–water partition coefficient (Wildman–Crippen LogP) is 2.81. The van der Waals surface area contributed by atoms with Crippen molar-refractivity contribution in [2.24, 2.45) is 0 Å². The first-order valence-corrected chi connectivity index (χ1v) is 8.43. The topological polar surface area (TPSA) is 85.9 Å². The summed E-state index contributed by atoms with van der Waals surface area (Å²) in [6.45, 7) is 3.44. The van der Waals surface area contributed by atoms with Crippen molar-refractivity contribution in [1.29, 1.82) is 0 Å². The fourth-order valence-electron chi connectivity index (χ4n) is 2.31. The number of methoxy groups -OCH3 is 2. The summed E-state index contributed by atoms with van der Waals surface area (Å²) in [5.74, 6) is 0.417. The van der Waals surface area contributed by atoms with Crippen LogP contribution in [0.15, 0.2) is 30.3 Å². The Hall–Kier alpha value is -2.93. The highest BCUT2D eigenvalue weighted by atomic mass is 35.5. The van der Waals surface area contributed by atoms with Gasteiger partial charge in [-0.05, 0) is 49.2 Å². The zero-order chi connectivity index (χ0) is 20.0.